The summed E-state index contributed by atoms with van der Waals surface area (Å²) in [6.07, 6.45) is 1.84. The normalized spacial score (nSPS) is 12.1. The van der Waals surface area contributed by atoms with Gasteiger partial charge in [-0.05, 0) is 82.0 Å². The Labute approximate surface area is 139 Å². The van der Waals surface area contributed by atoms with E-state index in [1.807, 2.05) is 24.3 Å². The second-order valence-electron chi connectivity index (χ2n) is 4.88. The molecule has 0 bridgehead atoms. The van der Waals surface area contributed by atoms with Crippen LogP contribution in [0.5, 0.6) is 11.5 Å². The average molecular weight is 392 g/mol. The molecule has 2 nitrogen and oxygen atoms in total. The van der Waals surface area contributed by atoms with Crippen LogP contribution >= 0.6 is 22.6 Å². The Kier molecular flexibility index (Phi) is 5.28. The zero-order chi connectivity index (χ0) is 15.4. The van der Waals surface area contributed by atoms with Crippen LogP contribution in [0.3, 0.4) is 0 Å². The smallest absolute Gasteiger partial charge is 0.128 e. The maximum atomic E-state index is 9.69. The average Bonchev–Trinajstić information content (AvgIpc) is 2.49. The van der Waals surface area contributed by atoms with Gasteiger partial charge in [-0.2, -0.15) is 0 Å². The monoisotopic (exact) mass is 392 g/mol. The van der Waals surface area contributed by atoms with Gasteiger partial charge in [-0.1, -0.05) is 32.0 Å². The van der Waals surface area contributed by atoms with Crippen LogP contribution < -0.4 is 0 Å². The van der Waals surface area contributed by atoms with E-state index < -0.39 is 0 Å². The number of allylic oxidation sites excluding steroid dienone is 2. The topological polar surface area (TPSA) is 40.5 Å². The molecule has 0 aliphatic carbocycles. The number of halogens is 1. The van der Waals surface area contributed by atoms with Gasteiger partial charge in [0.05, 0.1) is 3.57 Å². The van der Waals surface area contributed by atoms with E-state index in [1.54, 1.807) is 18.2 Å². The fourth-order valence-corrected chi connectivity index (χ4v) is 3.06. The highest BCUT2D eigenvalue weighted by atomic mass is 125. The molecule has 0 aromatic heterocycles. The predicted molar refractivity (Wildman–Crippen MR) is 96.3 cm³/mol. The summed E-state index contributed by atoms with van der Waals surface area (Å²) in [5, 5.41) is 19.1. The Hall–Kier alpha value is -1.49. The molecule has 0 radical (unpaired) electrons. The summed E-state index contributed by atoms with van der Waals surface area (Å²) >= 11 is 2.15. The van der Waals surface area contributed by atoms with E-state index in [1.165, 1.54) is 11.1 Å². The van der Waals surface area contributed by atoms with Gasteiger partial charge in [0.2, 0.25) is 0 Å². The van der Waals surface area contributed by atoms with Crippen molar-refractivity contribution >= 4 is 33.7 Å². The van der Waals surface area contributed by atoms with Gasteiger partial charge in [-0.25, -0.2) is 0 Å². The van der Waals surface area contributed by atoms with Crippen molar-refractivity contribution in [2.45, 2.75) is 26.7 Å². The van der Waals surface area contributed by atoms with Crippen molar-refractivity contribution in [2.24, 2.45) is 0 Å². The Morgan fingerprint density at radius 2 is 1.38 bits per heavy atom. The number of phenolic OH excluding ortho intramolecular Hbond substituents is 2. The van der Waals surface area contributed by atoms with Gasteiger partial charge in [0.15, 0.2) is 0 Å². The lowest BCUT2D eigenvalue weighted by molar-refractivity contribution is 0.471. The molecule has 110 valence electrons. The van der Waals surface area contributed by atoms with Crippen molar-refractivity contribution in [2.75, 3.05) is 0 Å². The number of hydrogen-bond acceptors (Lipinski definition) is 2. The van der Waals surface area contributed by atoms with Crippen LogP contribution in [0.2, 0.25) is 0 Å². The first-order valence-electron chi connectivity index (χ1n) is 7.07. The molecule has 0 amide bonds. The number of phenols is 2. The lowest BCUT2D eigenvalue weighted by Gasteiger charge is -2.15. The minimum Gasteiger partial charge on any atom is -0.508 e. The quantitative estimate of drug-likeness (QED) is 0.538. The first-order chi connectivity index (χ1) is 10.1. The van der Waals surface area contributed by atoms with Crippen LogP contribution in [-0.2, 0) is 0 Å². The molecule has 0 fully saturated rings. The maximum absolute atomic E-state index is 9.69. The third-order valence-electron chi connectivity index (χ3n) is 3.58. The lowest BCUT2D eigenvalue weighted by Crippen LogP contribution is -1.92. The lowest BCUT2D eigenvalue weighted by atomic mass is 9.91. The zero-order valence-electron chi connectivity index (χ0n) is 12.2. The molecule has 0 unspecified atom stereocenters. The first-order valence-corrected chi connectivity index (χ1v) is 8.15. The summed E-state index contributed by atoms with van der Waals surface area (Å²) in [5.74, 6) is 0.601. The third kappa shape index (κ3) is 3.59. The largest absolute Gasteiger partial charge is 0.508 e. The van der Waals surface area contributed by atoms with Gasteiger partial charge in [0.25, 0.3) is 0 Å². The molecular weight excluding hydrogens is 373 g/mol. The van der Waals surface area contributed by atoms with Crippen molar-refractivity contribution < 1.29 is 10.2 Å². The van der Waals surface area contributed by atoms with E-state index >= 15 is 0 Å². The van der Waals surface area contributed by atoms with E-state index in [-0.39, 0.29) is 5.75 Å². The van der Waals surface area contributed by atoms with Crippen LogP contribution in [-0.4, -0.2) is 10.2 Å². The summed E-state index contributed by atoms with van der Waals surface area (Å²) in [5.41, 5.74) is 4.83. The first kappa shape index (κ1) is 15.9. The maximum Gasteiger partial charge on any atom is 0.128 e. The van der Waals surface area contributed by atoms with Gasteiger partial charge in [-0.3, -0.25) is 0 Å². The molecule has 0 atom stereocenters. The fourth-order valence-electron chi connectivity index (χ4n) is 2.54. The minimum atomic E-state index is 0.284. The van der Waals surface area contributed by atoms with E-state index in [0.717, 1.165) is 27.5 Å². The Morgan fingerprint density at radius 1 is 0.857 bits per heavy atom. The number of hydrogen-bond donors (Lipinski definition) is 2. The second-order valence-corrected chi connectivity index (χ2v) is 6.04. The van der Waals surface area contributed by atoms with Gasteiger partial charge >= 0.3 is 0 Å². The minimum absolute atomic E-state index is 0.284. The van der Waals surface area contributed by atoms with Crippen molar-refractivity contribution in [1.29, 1.82) is 0 Å². The van der Waals surface area contributed by atoms with Crippen LogP contribution in [0, 0.1) is 3.57 Å². The highest BCUT2D eigenvalue weighted by Gasteiger charge is 2.10. The van der Waals surface area contributed by atoms with Crippen LogP contribution in [0.4, 0.5) is 0 Å². The fraction of sp³-hybridized carbons (Fsp3) is 0.222. The van der Waals surface area contributed by atoms with E-state index in [4.69, 9.17) is 0 Å². The van der Waals surface area contributed by atoms with E-state index in [0.29, 0.717) is 5.75 Å². The molecule has 2 aromatic rings. The molecule has 3 heteroatoms. The molecule has 2 rings (SSSR count). The van der Waals surface area contributed by atoms with E-state index in [2.05, 4.69) is 36.4 Å². The third-order valence-corrected chi connectivity index (χ3v) is 4.45. The van der Waals surface area contributed by atoms with Gasteiger partial charge < -0.3 is 10.2 Å². The Bertz CT molecular complexity index is 657. The molecule has 0 aliphatic rings. The standard InChI is InChI=1S/C18H19IO2/c1-3-15(12-5-8-14(20)9-6-12)16(4-2)13-7-10-18(21)17(19)11-13/h5-11,20-21H,3-4H2,1-2H3/b16-15+/i19-2. The van der Waals surface area contributed by atoms with E-state index in [9.17, 15) is 10.2 Å². The molecule has 0 saturated carbocycles. The van der Waals surface area contributed by atoms with Crippen molar-refractivity contribution in [1.82, 2.24) is 0 Å². The van der Waals surface area contributed by atoms with Gasteiger partial charge in [0, 0.05) is 0 Å². The number of rotatable bonds is 4. The van der Waals surface area contributed by atoms with Crippen LogP contribution in [0.25, 0.3) is 11.1 Å². The zero-order valence-corrected chi connectivity index (χ0v) is 14.4. The molecular formula is C18H19IO2. The molecule has 0 aliphatic heterocycles. The summed E-state index contributed by atoms with van der Waals surface area (Å²) in [7, 11) is 0. The van der Waals surface area contributed by atoms with Crippen LogP contribution in [0.15, 0.2) is 42.5 Å². The molecule has 2 N–H and O–H groups in total. The summed E-state index contributed by atoms with van der Waals surface area (Å²) in [6.45, 7) is 4.29. The molecule has 0 heterocycles. The van der Waals surface area contributed by atoms with Gasteiger partial charge in [0.1, 0.15) is 11.5 Å². The molecule has 0 spiro atoms. The number of benzene rings is 2. The SMILES string of the molecule is CC/C(=C(/CC)c1ccc(O)c([125I])c1)c1ccc(O)cc1. The Balaban J connectivity index is 2.57. The van der Waals surface area contributed by atoms with Crippen molar-refractivity contribution in [3.05, 3.63) is 57.2 Å². The summed E-state index contributed by atoms with van der Waals surface area (Å²) < 4.78 is 0.859. The predicted octanol–water partition coefficient (Wildman–Crippen LogP) is 5.43. The van der Waals surface area contributed by atoms with Crippen molar-refractivity contribution in [3.8, 4) is 11.5 Å². The van der Waals surface area contributed by atoms with Crippen molar-refractivity contribution in [3.63, 3.8) is 0 Å². The molecule has 21 heavy (non-hydrogen) atoms. The highest BCUT2D eigenvalue weighted by molar-refractivity contribution is 14.1. The number of aromatic hydroxyl groups is 2. The van der Waals surface area contributed by atoms with Gasteiger partial charge in [-0.15, -0.1) is 0 Å². The molecule has 0 saturated heterocycles. The Morgan fingerprint density at radius 3 is 1.90 bits per heavy atom. The second kappa shape index (κ2) is 6.98. The summed E-state index contributed by atoms with van der Waals surface area (Å²) in [6, 6.07) is 13.1. The van der Waals surface area contributed by atoms with Crippen LogP contribution in [0.1, 0.15) is 37.8 Å². The highest BCUT2D eigenvalue weighted by Crippen LogP contribution is 2.34. The summed E-state index contributed by atoms with van der Waals surface area (Å²) in [4.78, 5) is 0. The molecule has 2 aromatic carbocycles.